The summed E-state index contributed by atoms with van der Waals surface area (Å²) in [5.74, 6) is -0.718. The number of hydrogen-bond acceptors (Lipinski definition) is 3. The van der Waals surface area contributed by atoms with E-state index in [-0.39, 0.29) is 16.9 Å². The van der Waals surface area contributed by atoms with Gasteiger partial charge in [-0.1, -0.05) is 44.2 Å². The Morgan fingerprint density at radius 2 is 1.87 bits per heavy atom. The van der Waals surface area contributed by atoms with Crippen LogP contribution in [0.3, 0.4) is 0 Å². The molecule has 0 unspecified atom stereocenters. The molecule has 1 heterocycles. The summed E-state index contributed by atoms with van der Waals surface area (Å²) in [5.41, 5.74) is 0.0425. The normalized spacial score (nSPS) is 15.1. The molecule has 3 rings (SSSR count). The molecule has 0 aliphatic heterocycles. The second-order valence-corrected chi connectivity index (χ2v) is 5.97. The first-order valence-electron chi connectivity index (χ1n) is 7.18. The minimum Gasteiger partial charge on any atom is -0.294 e. The van der Waals surface area contributed by atoms with E-state index in [0.29, 0.717) is 17.5 Å². The fraction of sp³-hybridized carbons (Fsp3) is 0.167. The highest BCUT2D eigenvalue weighted by Gasteiger charge is 2.20. The zero-order valence-corrected chi connectivity index (χ0v) is 12.8. The minimum absolute atomic E-state index is 0.00999. The van der Waals surface area contributed by atoms with Crippen LogP contribution >= 0.6 is 0 Å². The van der Waals surface area contributed by atoms with Gasteiger partial charge < -0.3 is 0 Å². The van der Waals surface area contributed by atoms with Gasteiger partial charge in [0.1, 0.15) is 5.82 Å². The molecule has 2 aromatic rings. The third-order valence-corrected chi connectivity index (χ3v) is 3.72. The second-order valence-electron chi connectivity index (χ2n) is 5.97. The van der Waals surface area contributed by atoms with Gasteiger partial charge in [-0.3, -0.25) is 14.2 Å². The summed E-state index contributed by atoms with van der Waals surface area (Å²) in [6, 6.07) is 5.80. The molecule has 0 atom stereocenters. The van der Waals surface area contributed by atoms with Crippen LogP contribution in [0.2, 0.25) is 0 Å². The maximum absolute atomic E-state index is 14.1. The first-order chi connectivity index (χ1) is 10.9. The predicted molar refractivity (Wildman–Crippen MR) is 87.0 cm³/mol. The van der Waals surface area contributed by atoms with Gasteiger partial charge in [0.05, 0.1) is 16.9 Å². The topological polar surface area (TPSA) is 52.0 Å². The smallest absolute Gasteiger partial charge is 0.266 e. The second kappa shape index (κ2) is 5.43. The lowest BCUT2D eigenvalue weighted by molar-refractivity contribution is 0.111. The first kappa shape index (κ1) is 15.1. The molecule has 0 spiro atoms. The van der Waals surface area contributed by atoms with Gasteiger partial charge in [-0.2, -0.15) is 0 Å². The highest BCUT2D eigenvalue weighted by atomic mass is 19.1. The largest absolute Gasteiger partial charge is 0.294 e. The highest BCUT2D eigenvalue weighted by molar-refractivity contribution is 5.74. The molecule has 0 radical (unpaired) electrons. The summed E-state index contributed by atoms with van der Waals surface area (Å²) in [5, 5.41) is 0. The third-order valence-electron chi connectivity index (χ3n) is 3.72. The number of nitrogens with zero attached hydrogens (tertiary/aromatic N) is 2. The van der Waals surface area contributed by atoms with Gasteiger partial charge in [-0.15, -0.1) is 0 Å². The zero-order valence-electron chi connectivity index (χ0n) is 12.8. The maximum Gasteiger partial charge on any atom is 0.266 e. The number of rotatable bonds is 2. The number of carbonyl (C=O) groups excluding carboxylic acids is 1. The summed E-state index contributed by atoms with van der Waals surface area (Å²) >= 11 is 0. The number of carbonyl (C=O) groups is 1. The monoisotopic (exact) mass is 310 g/mol. The molecule has 0 fully saturated rings. The maximum atomic E-state index is 14.1. The van der Waals surface area contributed by atoms with Gasteiger partial charge in [0, 0.05) is 5.41 Å². The molecule has 0 saturated carbocycles. The number of benzene rings is 1. The van der Waals surface area contributed by atoms with Crippen molar-refractivity contribution in [1.82, 2.24) is 9.55 Å². The molecule has 23 heavy (non-hydrogen) atoms. The van der Waals surface area contributed by atoms with E-state index >= 15 is 0 Å². The zero-order chi connectivity index (χ0) is 16.6. The van der Waals surface area contributed by atoms with Gasteiger partial charge in [0.15, 0.2) is 12.1 Å². The fourth-order valence-electron chi connectivity index (χ4n) is 2.44. The molecule has 0 bridgehead atoms. The number of aromatic nitrogens is 2. The number of allylic oxidation sites excluding steroid dienone is 2. The van der Waals surface area contributed by atoms with Gasteiger partial charge in [-0.05, 0) is 18.2 Å². The van der Waals surface area contributed by atoms with Crippen molar-refractivity contribution in [3.63, 3.8) is 0 Å². The molecule has 1 aliphatic rings. The van der Waals surface area contributed by atoms with Crippen molar-refractivity contribution in [3.8, 4) is 5.69 Å². The summed E-state index contributed by atoms with van der Waals surface area (Å²) in [4.78, 5) is 28.4. The quantitative estimate of drug-likeness (QED) is 0.800. The van der Waals surface area contributed by atoms with E-state index in [2.05, 4.69) is 4.98 Å². The van der Waals surface area contributed by atoms with Crippen LogP contribution in [-0.2, 0) is 0 Å². The van der Waals surface area contributed by atoms with E-state index in [1.807, 2.05) is 26.0 Å². The molecule has 0 N–H and O–H groups in total. The van der Waals surface area contributed by atoms with Crippen molar-refractivity contribution in [2.24, 2.45) is 5.41 Å². The Morgan fingerprint density at radius 1 is 1.17 bits per heavy atom. The summed E-state index contributed by atoms with van der Waals surface area (Å²) in [7, 11) is 0. The van der Waals surface area contributed by atoms with Gasteiger partial charge in [-0.25, -0.2) is 9.37 Å². The van der Waals surface area contributed by atoms with Crippen LogP contribution in [0.5, 0.6) is 0 Å². The molecule has 1 aromatic heterocycles. The molecule has 116 valence electrons. The van der Waals surface area contributed by atoms with Crippen LogP contribution in [-0.4, -0.2) is 15.8 Å². The van der Waals surface area contributed by atoms with Crippen LogP contribution in [0.1, 0.15) is 35.7 Å². The Balaban J connectivity index is 2.35. The number of fused-ring (bicyclic) bond motifs is 1. The SMILES string of the molecule is CC1(C)C=Cc2nc(C=O)n(-c3ccccc3F)c(=O)c2C=C1. The Kier molecular flexibility index (Phi) is 3.56. The summed E-state index contributed by atoms with van der Waals surface area (Å²) in [6.45, 7) is 3.98. The molecular weight excluding hydrogens is 295 g/mol. The number of aldehydes is 1. The van der Waals surface area contributed by atoms with E-state index in [9.17, 15) is 14.0 Å². The highest BCUT2D eigenvalue weighted by Crippen LogP contribution is 2.26. The van der Waals surface area contributed by atoms with E-state index < -0.39 is 11.4 Å². The van der Waals surface area contributed by atoms with Crippen LogP contribution in [0.25, 0.3) is 17.8 Å². The molecule has 1 aromatic carbocycles. The average Bonchev–Trinajstić information content (AvgIpc) is 2.67. The summed E-state index contributed by atoms with van der Waals surface area (Å²) < 4.78 is 15.1. The van der Waals surface area contributed by atoms with Crippen molar-refractivity contribution in [3.05, 3.63) is 69.7 Å². The molecule has 0 amide bonds. The van der Waals surface area contributed by atoms with Crippen LogP contribution < -0.4 is 5.56 Å². The van der Waals surface area contributed by atoms with Crippen LogP contribution in [0.4, 0.5) is 4.39 Å². The minimum atomic E-state index is -0.590. The standard InChI is InChI=1S/C18H15FN2O2/c1-18(2)9-7-12-14(8-10-18)20-16(11-22)21(17(12)23)15-6-4-3-5-13(15)19/h3-11H,1-2H3. The van der Waals surface area contributed by atoms with Crippen molar-refractivity contribution in [2.75, 3.05) is 0 Å². The predicted octanol–water partition coefficient (Wildman–Crippen LogP) is 3.25. The summed E-state index contributed by atoms with van der Waals surface area (Å²) in [6.07, 6.45) is 7.64. The lowest BCUT2D eigenvalue weighted by Crippen LogP contribution is -2.27. The number of halogens is 1. The van der Waals surface area contributed by atoms with E-state index in [4.69, 9.17) is 0 Å². The first-order valence-corrected chi connectivity index (χ1v) is 7.18. The Bertz CT molecular complexity index is 908. The van der Waals surface area contributed by atoms with E-state index in [1.165, 1.54) is 18.2 Å². The van der Waals surface area contributed by atoms with Crippen molar-refractivity contribution >= 4 is 18.4 Å². The lowest BCUT2D eigenvalue weighted by Gasteiger charge is -2.12. The van der Waals surface area contributed by atoms with E-state index in [0.717, 1.165) is 4.57 Å². The van der Waals surface area contributed by atoms with Gasteiger partial charge in [0.2, 0.25) is 0 Å². The van der Waals surface area contributed by atoms with E-state index in [1.54, 1.807) is 18.2 Å². The molecule has 0 saturated heterocycles. The lowest BCUT2D eigenvalue weighted by atomic mass is 9.93. The van der Waals surface area contributed by atoms with Crippen molar-refractivity contribution in [2.45, 2.75) is 13.8 Å². The van der Waals surface area contributed by atoms with Crippen molar-refractivity contribution in [1.29, 1.82) is 0 Å². The van der Waals surface area contributed by atoms with Gasteiger partial charge >= 0.3 is 0 Å². The van der Waals surface area contributed by atoms with Crippen molar-refractivity contribution < 1.29 is 9.18 Å². The number of para-hydroxylation sites is 1. The molecule has 1 aliphatic carbocycles. The van der Waals surface area contributed by atoms with Crippen LogP contribution in [0, 0.1) is 11.2 Å². The van der Waals surface area contributed by atoms with Crippen LogP contribution in [0.15, 0.2) is 41.2 Å². The molecule has 4 nitrogen and oxygen atoms in total. The number of hydrogen-bond donors (Lipinski definition) is 0. The Labute approximate surface area is 132 Å². The molecule has 5 heteroatoms. The Morgan fingerprint density at radius 3 is 2.57 bits per heavy atom. The van der Waals surface area contributed by atoms with Gasteiger partial charge in [0.25, 0.3) is 5.56 Å². The fourth-order valence-corrected chi connectivity index (χ4v) is 2.44. The Hall–Kier alpha value is -2.82. The molecular formula is C18H15FN2O2. The third kappa shape index (κ3) is 2.65. The average molecular weight is 310 g/mol.